The summed E-state index contributed by atoms with van der Waals surface area (Å²) in [5.41, 5.74) is 11.1. The first-order valence-corrected chi connectivity index (χ1v) is 16.1. The quantitative estimate of drug-likeness (QED) is 0.243. The molecule has 0 saturated carbocycles. The van der Waals surface area contributed by atoms with Crippen LogP contribution in [0.1, 0.15) is 30.4 Å². The van der Waals surface area contributed by atoms with Gasteiger partial charge in [-0.05, 0) is 55.1 Å². The predicted octanol–water partition coefficient (Wildman–Crippen LogP) is 2.47. The highest BCUT2D eigenvalue weighted by Gasteiger charge is 2.51. The molecular weight excluding hydrogens is 582 g/mol. The van der Waals surface area contributed by atoms with Crippen molar-refractivity contribution in [1.82, 2.24) is 29.5 Å². The molecule has 3 saturated heterocycles. The Labute approximate surface area is 268 Å². The number of ether oxygens (including phenoxy) is 1. The third-order valence-corrected chi connectivity index (χ3v) is 9.91. The van der Waals surface area contributed by atoms with Gasteiger partial charge in [0.25, 0.3) is 0 Å². The van der Waals surface area contributed by atoms with E-state index in [1.165, 1.54) is 5.57 Å². The number of carbonyl (C=O) groups is 2. The maximum absolute atomic E-state index is 13.9. The van der Waals surface area contributed by atoms with Crippen LogP contribution in [0.5, 0.6) is 0 Å². The van der Waals surface area contributed by atoms with Gasteiger partial charge < -0.3 is 25.2 Å². The average molecular weight is 624 g/mol. The molecule has 46 heavy (non-hydrogen) atoms. The minimum atomic E-state index is -0.481. The first kappa shape index (κ1) is 30.1. The Hall–Kier alpha value is -4.55. The summed E-state index contributed by atoms with van der Waals surface area (Å²) in [6, 6.07) is 13.8. The summed E-state index contributed by atoms with van der Waals surface area (Å²) in [5.74, 6) is 1.28. The number of nitrogen functional groups attached to an aromatic ring is 1. The summed E-state index contributed by atoms with van der Waals surface area (Å²) in [5, 5.41) is 13.1. The van der Waals surface area contributed by atoms with E-state index in [2.05, 4.69) is 33.2 Å². The molecule has 3 N–H and O–H groups in total. The lowest BCUT2D eigenvalue weighted by atomic mass is 9.85. The van der Waals surface area contributed by atoms with Crippen molar-refractivity contribution in [3.63, 3.8) is 0 Å². The highest BCUT2D eigenvalue weighted by Crippen LogP contribution is 2.43. The number of nitrogens with one attached hydrogen (secondary N) is 1. The van der Waals surface area contributed by atoms with Crippen molar-refractivity contribution in [3.05, 3.63) is 66.0 Å². The number of amidine groups is 1. The number of aromatic nitrogens is 3. The standard InChI is InChI=1S/C34H41N9O3/c1-39-23-37-32(38-39)26-4-2-24(3-5-26)25-8-12-41(13-9-25)30(44)21-40-14-10-34(22-40)11-15-43(33(34)45)27-6-7-29(35)28(20-27)31(36)42-16-18-46-19-17-42/h2-8,20,23,36H,9-19,21-22,35H2,1H3/t34-/m0/s1. The van der Waals surface area contributed by atoms with Crippen molar-refractivity contribution in [1.29, 1.82) is 5.41 Å². The average Bonchev–Trinajstić information content (AvgIpc) is 3.80. The van der Waals surface area contributed by atoms with Crippen LogP contribution in [0, 0.1) is 10.8 Å². The van der Waals surface area contributed by atoms with Gasteiger partial charge in [0.05, 0.1) is 25.2 Å². The third kappa shape index (κ3) is 5.78. The molecule has 3 fully saturated rings. The molecule has 1 spiro atoms. The number of nitrogens with zero attached hydrogens (tertiary/aromatic N) is 7. The minimum absolute atomic E-state index is 0.103. The number of anilines is 2. The third-order valence-electron chi connectivity index (χ3n) is 9.91. The molecule has 1 aromatic heterocycles. The smallest absolute Gasteiger partial charge is 0.237 e. The number of hydrogen-bond acceptors (Lipinski definition) is 8. The van der Waals surface area contributed by atoms with E-state index in [9.17, 15) is 9.59 Å². The fourth-order valence-electron chi connectivity index (χ4n) is 7.17. The van der Waals surface area contributed by atoms with E-state index in [1.54, 1.807) is 17.1 Å². The van der Waals surface area contributed by atoms with Gasteiger partial charge >= 0.3 is 0 Å². The molecule has 5 heterocycles. The Bertz CT molecular complexity index is 1680. The first-order chi connectivity index (χ1) is 22.3. The van der Waals surface area contributed by atoms with Crippen LogP contribution in [-0.4, -0.2) is 113 Å². The van der Waals surface area contributed by atoms with Gasteiger partial charge in [0, 0.05) is 68.8 Å². The number of carbonyl (C=O) groups excluding carboxylic acids is 2. The van der Waals surface area contributed by atoms with E-state index < -0.39 is 5.41 Å². The fourth-order valence-corrected chi connectivity index (χ4v) is 7.17. The van der Waals surface area contributed by atoms with Crippen molar-refractivity contribution in [2.45, 2.75) is 19.3 Å². The number of aryl methyl sites for hydroxylation is 1. The number of nitrogens with two attached hydrogens (primary N) is 1. The van der Waals surface area contributed by atoms with Crippen LogP contribution in [0.3, 0.4) is 0 Å². The monoisotopic (exact) mass is 623 g/mol. The Kier molecular flexibility index (Phi) is 8.07. The van der Waals surface area contributed by atoms with Gasteiger partial charge in [-0.15, -0.1) is 0 Å². The van der Waals surface area contributed by atoms with Crippen LogP contribution in [0.15, 0.2) is 54.9 Å². The Morgan fingerprint density at radius 2 is 1.76 bits per heavy atom. The molecule has 4 aliphatic heterocycles. The van der Waals surface area contributed by atoms with Gasteiger partial charge in [0.2, 0.25) is 11.8 Å². The van der Waals surface area contributed by atoms with E-state index in [4.69, 9.17) is 15.9 Å². The van der Waals surface area contributed by atoms with Crippen LogP contribution >= 0.6 is 0 Å². The molecule has 0 bridgehead atoms. The zero-order chi connectivity index (χ0) is 31.8. The number of hydrogen-bond donors (Lipinski definition) is 2. The predicted molar refractivity (Wildman–Crippen MR) is 176 cm³/mol. The molecule has 7 rings (SSSR count). The summed E-state index contributed by atoms with van der Waals surface area (Å²) >= 11 is 0. The minimum Gasteiger partial charge on any atom is -0.398 e. The van der Waals surface area contributed by atoms with Crippen LogP contribution in [-0.2, 0) is 21.4 Å². The number of morpholine rings is 1. The van der Waals surface area contributed by atoms with Gasteiger partial charge in [-0.2, -0.15) is 5.10 Å². The van der Waals surface area contributed by atoms with Gasteiger partial charge in [-0.25, -0.2) is 4.98 Å². The zero-order valence-electron chi connectivity index (χ0n) is 26.3. The topological polar surface area (TPSA) is 137 Å². The highest BCUT2D eigenvalue weighted by molar-refractivity contribution is 6.05. The SMILES string of the molecule is Cn1cnc(-c2ccc(C3=CCN(C(=O)CN4CC[C@]5(CCN(c6ccc(N)c(C(=N)N7CCOCC7)c6)C5=O)C4)CC3)cc2)n1. The van der Waals surface area contributed by atoms with Crippen molar-refractivity contribution in [2.24, 2.45) is 12.5 Å². The van der Waals surface area contributed by atoms with E-state index in [-0.39, 0.29) is 11.8 Å². The molecule has 0 aliphatic carbocycles. The molecule has 0 unspecified atom stereocenters. The number of rotatable bonds is 6. The van der Waals surface area contributed by atoms with E-state index in [0.717, 1.165) is 42.6 Å². The van der Waals surface area contributed by atoms with E-state index >= 15 is 0 Å². The summed E-state index contributed by atoms with van der Waals surface area (Å²) in [7, 11) is 1.86. The van der Waals surface area contributed by atoms with E-state index in [1.807, 2.05) is 46.0 Å². The van der Waals surface area contributed by atoms with Crippen LogP contribution in [0.2, 0.25) is 0 Å². The summed E-state index contributed by atoms with van der Waals surface area (Å²) in [6.07, 6.45) is 6.15. The largest absolute Gasteiger partial charge is 0.398 e. The van der Waals surface area contributed by atoms with Crippen molar-refractivity contribution in [2.75, 3.05) is 76.2 Å². The molecule has 4 aliphatic rings. The zero-order valence-corrected chi connectivity index (χ0v) is 26.3. The first-order valence-electron chi connectivity index (χ1n) is 16.1. The number of likely N-dealkylation sites (tertiary alicyclic amines) is 1. The molecule has 240 valence electrons. The van der Waals surface area contributed by atoms with Gasteiger partial charge in [0.1, 0.15) is 12.2 Å². The second kappa shape index (κ2) is 12.3. The van der Waals surface area contributed by atoms with Crippen LogP contribution < -0.4 is 10.6 Å². The van der Waals surface area contributed by atoms with Crippen LogP contribution in [0.25, 0.3) is 17.0 Å². The van der Waals surface area contributed by atoms with Gasteiger partial charge in [-0.1, -0.05) is 30.3 Å². The fraction of sp³-hybridized carbons (Fsp3) is 0.441. The summed E-state index contributed by atoms with van der Waals surface area (Å²) in [4.78, 5) is 39.4. The van der Waals surface area contributed by atoms with Crippen molar-refractivity contribution in [3.8, 4) is 11.4 Å². The lowest BCUT2D eigenvalue weighted by molar-refractivity contribution is -0.132. The summed E-state index contributed by atoms with van der Waals surface area (Å²) < 4.78 is 7.13. The Balaban J connectivity index is 0.946. The van der Waals surface area contributed by atoms with Crippen LogP contribution in [0.4, 0.5) is 11.4 Å². The normalized spacial score (nSPS) is 22.2. The molecule has 0 radical (unpaired) electrons. The molecule has 1 atom stereocenters. The van der Waals surface area contributed by atoms with Gasteiger partial charge in [0.15, 0.2) is 5.82 Å². The molecule has 2 amide bonds. The lowest BCUT2D eigenvalue weighted by Crippen LogP contribution is -2.43. The summed E-state index contributed by atoms with van der Waals surface area (Å²) in [6.45, 7) is 6.00. The molecule has 2 aromatic carbocycles. The number of amides is 2. The molecular formula is C34H41N9O3. The molecule has 12 heteroatoms. The second-order valence-electron chi connectivity index (χ2n) is 12.8. The Morgan fingerprint density at radius 3 is 2.48 bits per heavy atom. The molecule has 12 nitrogen and oxygen atoms in total. The van der Waals surface area contributed by atoms with E-state index in [0.29, 0.717) is 81.9 Å². The molecule has 3 aromatic rings. The maximum Gasteiger partial charge on any atom is 0.237 e. The van der Waals surface area contributed by atoms with Crippen molar-refractivity contribution < 1.29 is 14.3 Å². The number of benzene rings is 2. The lowest BCUT2D eigenvalue weighted by Gasteiger charge is -2.30. The Morgan fingerprint density at radius 1 is 1.00 bits per heavy atom. The second-order valence-corrected chi connectivity index (χ2v) is 12.8. The van der Waals surface area contributed by atoms with Crippen molar-refractivity contribution >= 4 is 34.6 Å². The maximum atomic E-state index is 13.9. The highest BCUT2D eigenvalue weighted by atomic mass is 16.5. The van der Waals surface area contributed by atoms with Gasteiger partial charge in [-0.3, -0.25) is 24.6 Å².